The molecule has 3 aromatic rings. The Morgan fingerprint density at radius 1 is 1.22 bits per heavy atom. The summed E-state index contributed by atoms with van der Waals surface area (Å²) in [5, 5.41) is 17.2. The number of sulfonamides is 1. The van der Waals surface area contributed by atoms with Crippen LogP contribution < -0.4 is 14.2 Å². The Labute approximate surface area is 208 Å². The Balaban J connectivity index is 1.71. The number of nitrogens with one attached hydrogen (secondary N) is 1. The lowest BCUT2D eigenvalue weighted by Crippen LogP contribution is -2.35. The zero-order chi connectivity index (χ0) is 26.0. The number of methoxy groups -OCH3 is 1. The zero-order valence-electron chi connectivity index (χ0n) is 20.6. The van der Waals surface area contributed by atoms with Crippen LogP contribution in [-0.2, 0) is 14.8 Å². The number of ether oxygens (including phenoxy) is 3. The van der Waals surface area contributed by atoms with Crippen molar-refractivity contribution in [2.45, 2.75) is 51.2 Å². The van der Waals surface area contributed by atoms with Crippen molar-refractivity contribution in [2.75, 3.05) is 25.0 Å². The molecule has 0 saturated carbocycles. The minimum Gasteiger partial charge on any atom is -0.489 e. The van der Waals surface area contributed by atoms with Gasteiger partial charge in [0, 0.05) is 18.5 Å². The molecule has 14 heteroatoms. The Bertz CT molecular complexity index is 1310. The molecule has 13 nitrogen and oxygen atoms in total. The largest absolute Gasteiger partial charge is 0.489 e. The fraction of sp³-hybridized carbons (Fsp3) is 0.500. The monoisotopic (exact) mass is 519 g/mol. The number of aliphatic hydroxyl groups excluding tert-OH is 1. The molecule has 0 unspecified atom stereocenters. The highest BCUT2D eigenvalue weighted by atomic mass is 32.2. The molecule has 194 valence electrons. The Kier molecular flexibility index (Phi) is 7.38. The van der Waals surface area contributed by atoms with Gasteiger partial charge in [-0.05, 0) is 39.3 Å². The quantitative estimate of drug-likeness (QED) is 0.422. The number of aryl methyl sites for hydroxylation is 1. The summed E-state index contributed by atoms with van der Waals surface area (Å²) in [7, 11) is -2.63. The number of fused-ring (bicyclic) bond motifs is 3. The van der Waals surface area contributed by atoms with E-state index in [9.17, 15) is 13.5 Å². The van der Waals surface area contributed by atoms with Gasteiger partial charge in [0.15, 0.2) is 17.3 Å². The van der Waals surface area contributed by atoms with E-state index in [1.165, 1.54) is 18.6 Å². The van der Waals surface area contributed by atoms with E-state index in [1.54, 1.807) is 38.4 Å². The van der Waals surface area contributed by atoms with Gasteiger partial charge in [-0.3, -0.25) is 9.29 Å². The molecule has 0 fully saturated rings. The fourth-order valence-electron chi connectivity index (χ4n) is 3.69. The first-order chi connectivity index (χ1) is 17.1. The van der Waals surface area contributed by atoms with Gasteiger partial charge in [0.05, 0.1) is 25.9 Å². The van der Waals surface area contributed by atoms with Crippen molar-refractivity contribution in [3.8, 4) is 23.1 Å². The normalized spacial score (nSPS) is 16.9. The highest BCUT2D eigenvalue weighted by molar-refractivity contribution is 7.93. The van der Waals surface area contributed by atoms with Crippen LogP contribution in [0.5, 0.6) is 11.6 Å². The van der Waals surface area contributed by atoms with E-state index in [-0.39, 0.29) is 36.9 Å². The maximum atomic E-state index is 13.5. The maximum absolute atomic E-state index is 13.5. The van der Waals surface area contributed by atoms with E-state index in [0.29, 0.717) is 17.3 Å². The van der Waals surface area contributed by atoms with Crippen LogP contribution in [-0.4, -0.2) is 74.9 Å². The van der Waals surface area contributed by atoms with Crippen molar-refractivity contribution in [2.24, 2.45) is 0 Å². The van der Waals surface area contributed by atoms with Crippen LogP contribution in [0.1, 0.15) is 44.3 Å². The van der Waals surface area contributed by atoms with Gasteiger partial charge in [-0.2, -0.15) is 0 Å². The average Bonchev–Trinajstić information content (AvgIpc) is 3.17. The van der Waals surface area contributed by atoms with Gasteiger partial charge in [0.1, 0.15) is 23.7 Å². The lowest BCUT2D eigenvalue weighted by atomic mass is 10.2. The summed E-state index contributed by atoms with van der Waals surface area (Å²) < 4.78 is 47.9. The summed E-state index contributed by atoms with van der Waals surface area (Å²) in [6, 6.07) is 2.62. The molecular formula is C22H29N7O6S. The molecule has 0 aliphatic carbocycles. The number of pyridine rings is 1. The molecule has 0 aromatic carbocycles. The summed E-state index contributed by atoms with van der Waals surface area (Å²) in [5.74, 6) is 1.11. The van der Waals surface area contributed by atoms with Gasteiger partial charge in [0.25, 0.3) is 0 Å². The second kappa shape index (κ2) is 10.3. The van der Waals surface area contributed by atoms with E-state index in [4.69, 9.17) is 14.2 Å². The number of anilines is 1. The van der Waals surface area contributed by atoms with Gasteiger partial charge in [-0.15, -0.1) is 10.2 Å². The first-order valence-corrected chi connectivity index (χ1v) is 12.9. The smallest absolute Gasteiger partial charge is 0.240 e. The van der Waals surface area contributed by atoms with Gasteiger partial charge >= 0.3 is 0 Å². The number of hydrogen-bond donors (Lipinski definition) is 2. The molecule has 36 heavy (non-hydrogen) atoms. The average molecular weight is 520 g/mol. The van der Waals surface area contributed by atoms with E-state index < -0.39 is 27.4 Å². The molecule has 0 saturated heterocycles. The molecule has 0 spiro atoms. The predicted molar refractivity (Wildman–Crippen MR) is 129 cm³/mol. The summed E-state index contributed by atoms with van der Waals surface area (Å²) in [4.78, 5) is 13.0. The van der Waals surface area contributed by atoms with Crippen molar-refractivity contribution < 1.29 is 27.7 Å². The third-order valence-electron chi connectivity index (χ3n) is 5.58. The molecule has 0 bridgehead atoms. The Hall–Kier alpha value is -3.36. The zero-order valence-corrected chi connectivity index (χ0v) is 21.4. The second-order valence-electron chi connectivity index (χ2n) is 8.64. The van der Waals surface area contributed by atoms with Crippen LogP contribution in [0.3, 0.4) is 0 Å². The van der Waals surface area contributed by atoms with Crippen molar-refractivity contribution >= 4 is 16.0 Å². The third kappa shape index (κ3) is 5.10. The number of aromatic nitrogens is 6. The molecule has 3 atom stereocenters. The van der Waals surface area contributed by atoms with E-state index in [0.717, 1.165) is 5.56 Å². The summed E-state index contributed by atoms with van der Waals surface area (Å²) in [5.41, 5.74) is 1.15. The number of hydrogen-bond acceptors (Lipinski definition) is 11. The molecule has 4 heterocycles. The summed E-state index contributed by atoms with van der Waals surface area (Å²) in [6.45, 7) is 6.64. The van der Waals surface area contributed by atoms with Crippen LogP contribution in [0, 0.1) is 6.92 Å². The van der Waals surface area contributed by atoms with Crippen LogP contribution in [0.15, 0.2) is 24.5 Å². The highest BCUT2D eigenvalue weighted by Gasteiger charge is 2.37. The van der Waals surface area contributed by atoms with E-state index >= 15 is 0 Å². The molecule has 3 aromatic heterocycles. The molecule has 0 amide bonds. The molecule has 2 N–H and O–H groups in total. The van der Waals surface area contributed by atoms with Crippen molar-refractivity contribution in [3.63, 3.8) is 0 Å². The van der Waals surface area contributed by atoms with Crippen LogP contribution in [0.25, 0.3) is 11.5 Å². The van der Waals surface area contributed by atoms with Crippen LogP contribution in [0.4, 0.5) is 5.95 Å². The van der Waals surface area contributed by atoms with Gasteiger partial charge < -0.3 is 19.3 Å². The predicted octanol–water partition coefficient (Wildman–Crippen LogP) is 1.67. The van der Waals surface area contributed by atoms with Crippen molar-refractivity contribution in [3.05, 3.63) is 35.9 Å². The van der Waals surface area contributed by atoms with E-state index in [2.05, 4.69) is 29.9 Å². The van der Waals surface area contributed by atoms with Gasteiger partial charge in [-0.25, -0.2) is 23.4 Å². The summed E-state index contributed by atoms with van der Waals surface area (Å²) >= 11 is 0. The lowest BCUT2D eigenvalue weighted by Gasteiger charge is -2.26. The van der Waals surface area contributed by atoms with Crippen molar-refractivity contribution in [1.29, 1.82) is 0 Å². The van der Waals surface area contributed by atoms with Crippen molar-refractivity contribution in [1.82, 2.24) is 29.7 Å². The Morgan fingerprint density at radius 3 is 2.58 bits per heavy atom. The minimum atomic E-state index is -4.10. The van der Waals surface area contributed by atoms with Crippen LogP contribution in [0.2, 0.25) is 0 Å². The fourth-order valence-corrected chi connectivity index (χ4v) is 4.78. The summed E-state index contributed by atoms with van der Waals surface area (Å²) in [6.07, 6.45) is 1.98. The lowest BCUT2D eigenvalue weighted by molar-refractivity contribution is 0.00152. The SMILES string of the molecule is COc1ccc2c(n1)-c1nnc(NS(=O)(=O)[C@@H](C)[C@@H](OC(C)C)c3ncc(C)cn3)n1[C@@H](CO)CO2. The van der Waals surface area contributed by atoms with Crippen LogP contribution >= 0.6 is 0 Å². The topological polar surface area (TPSA) is 163 Å². The minimum absolute atomic E-state index is 0.0448. The first kappa shape index (κ1) is 25.7. The molecule has 1 aliphatic heterocycles. The maximum Gasteiger partial charge on any atom is 0.240 e. The number of rotatable bonds is 9. The number of nitrogens with zero attached hydrogens (tertiary/aromatic N) is 6. The van der Waals surface area contributed by atoms with Gasteiger partial charge in [0.2, 0.25) is 21.9 Å². The first-order valence-electron chi connectivity index (χ1n) is 11.3. The Morgan fingerprint density at radius 2 is 1.94 bits per heavy atom. The third-order valence-corrected chi connectivity index (χ3v) is 7.27. The molecular weight excluding hydrogens is 490 g/mol. The molecule has 4 rings (SSSR count). The number of aliphatic hydroxyl groups is 1. The standard InChI is InChI=1S/C22H29N7O6S/c1-12(2)35-19(20-23-8-13(3)9-24-20)14(4)36(31,32)28-22-27-26-21-18-16(6-7-17(25-18)33-5)34-11-15(10-30)29(21)22/h6-9,12,14-15,19,30H,10-11H2,1-5H3,(H,27,28)/t14-,15-,19+/m0/s1. The molecule has 1 aliphatic rings. The second-order valence-corrected chi connectivity index (χ2v) is 10.7. The van der Waals surface area contributed by atoms with Gasteiger partial charge in [-0.1, -0.05) is 0 Å². The highest BCUT2D eigenvalue weighted by Crippen LogP contribution is 2.36. The molecule has 0 radical (unpaired) electrons. The van der Waals surface area contributed by atoms with E-state index in [1.807, 2.05) is 6.92 Å².